The molecule has 1 aromatic heterocycles. The maximum Gasteiger partial charge on any atom is 0.137 e. The van der Waals surface area contributed by atoms with Gasteiger partial charge >= 0.3 is 0 Å². The van der Waals surface area contributed by atoms with Crippen molar-refractivity contribution in [3.63, 3.8) is 0 Å². The minimum atomic E-state index is 0.751. The molecule has 2 nitrogen and oxygen atoms in total. The fourth-order valence-corrected chi connectivity index (χ4v) is 2.92. The molecule has 2 rings (SSSR count). The summed E-state index contributed by atoms with van der Waals surface area (Å²) < 4.78 is 0. The number of hydrogen-bond acceptors (Lipinski definition) is 3. The van der Waals surface area contributed by atoms with Crippen LogP contribution in [0, 0.1) is 0 Å². The summed E-state index contributed by atoms with van der Waals surface area (Å²) >= 11 is 1.81. The standard InChI is InChI=1S/C10H16N2S/c1-11-9-7-13-10(12-9)8-5-3-2-4-6-8/h7-8,11H,2-6H2,1H3. The maximum atomic E-state index is 4.56. The summed E-state index contributed by atoms with van der Waals surface area (Å²) in [6, 6.07) is 0. The number of hydrogen-bond donors (Lipinski definition) is 1. The number of nitrogens with one attached hydrogen (secondary N) is 1. The van der Waals surface area contributed by atoms with Crippen molar-refractivity contribution < 1.29 is 0 Å². The zero-order chi connectivity index (χ0) is 9.10. The van der Waals surface area contributed by atoms with E-state index < -0.39 is 0 Å². The minimum Gasteiger partial charge on any atom is -0.372 e. The Morgan fingerprint density at radius 1 is 1.38 bits per heavy atom. The van der Waals surface area contributed by atoms with Gasteiger partial charge < -0.3 is 5.32 Å². The van der Waals surface area contributed by atoms with Crippen LogP contribution in [0.4, 0.5) is 5.82 Å². The Bertz CT molecular complexity index is 264. The molecule has 0 amide bonds. The molecule has 1 N–H and O–H groups in total. The second-order valence-electron chi connectivity index (χ2n) is 3.66. The maximum absolute atomic E-state index is 4.56. The zero-order valence-corrected chi connectivity index (χ0v) is 8.86. The second kappa shape index (κ2) is 4.09. The molecule has 0 spiro atoms. The van der Waals surface area contributed by atoms with Gasteiger partial charge in [-0.05, 0) is 12.8 Å². The van der Waals surface area contributed by atoms with E-state index in [0.29, 0.717) is 0 Å². The van der Waals surface area contributed by atoms with Crippen molar-refractivity contribution in [1.82, 2.24) is 4.98 Å². The van der Waals surface area contributed by atoms with E-state index in [9.17, 15) is 0 Å². The van der Waals surface area contributed by atoms with E-state index in [1.165, 1.54) is 37.1 Å². The monoisotopic (exact) mass is 196 g/mol. The Labute approximate surface area is 83.4 Å². The fraction of sp³-hybridized carbons (Fsp3) is 0.700. The zero-order valence-electron chi connectivity index (χ0n) is 8.05. The van der Waals surface area contributed by atoms with Gasteiger partial charge in [0, 0.05) is 18.3 Å². The predicted octanol–water partition coefficient (Wildman–Crippen LogP) is 3.23. The summed E-state index contributed by atoms with van der Waals surface area (Å²) in [5, 5.41) is 6.54. The first-order valence-corrected chi connectivity index (χ1v) is 5.91. The van der Waals surface area contributed by atoms with Gasteiger partial charge in [0.1, 0.15) is 5.82 Å². The molecule has 1 heterocycles. The van der Waals surface area contributed by atoms with Crippen molar-refractivity contribution in [2.45, 2.75) is 38.0 Å². The third-order valence-corrected chi connectivity index (χ3v) is 3.74. The first-order chi connectivity index (χ1) is 6.40. The van der Waals surface area contributed by atoms with Crippen LogP contribution in [-0.2, 0) is 0 Å². The van der Waals surface area contributed by atoms with E-state index >= 15 is 0 Å². The number of rotatable bonds is 2. The third-order valence-electron chi connectivity index (χ3n) is 2.73. The van der Waals surface area contributed by atoms with Gasteiger partial charge in [0.15, 0.2) is 0 Å². The number of anilines is 1. The highest BCUT2D eigenvalue weighted by atomic mass is 32.1. The molecule has 1 aliphatic rings. The average molecular weight is 196 g/mol. The Morgan fingerprint density at radius 3 is 2.77 bits per heavy atom. The largest absolute Gasteiger partial charge is 0.372 e. The summed E-state index contributed by atoms with van der Waals surface area (Å²) in [6.07, 6.45) is 6.88. The minimum absolute atomic E-state index is 0.751. The number of nitrogens with zero attached hydrogens (tertiary/aromatic N) is 1. The van der Waals surface area contributed by atoms with Crippen molar-refractivity contribution in [2.24, 2.45) is 0 Å². The van der Waals surface area contributed by atoms with Gasteiger partial charge in [0.05, 0.1) is 5.01 Å². The van der Waals surface area contributed by atoms with Crippen LogP contribution in [0.1, 0.15) is 43.0 Å². The van der Waals surface area contributed by atoms with Crippen LogP contribution in [-0.4, -0.2) is 12.0 Å². The molecule has 1 saturated carbocycles. The van der Waals surface area contributed by atoms with Crippen LogP contribution < -0.4 is 5.32 Å². The van der Waals surface area contributed by atoms with Crippen LogP contribution in [0.3, 0.4) is 0 Å². The molecule has 1 aromatic rings. The molecule has 1 fully saturated rings. The molecule has 72 valence electrons. The first-order valence-electron chi connectivity index (χ1n) is 5.03. The van der Waals surface area contributed by atoms with Gasteiger partial charge in [-0.2, -0.15) is 0 Å². The molecule has 0 aliphatic heterocycles. The number of thiazole rings is 1. The van der Waals surface area contributed by atoms with Crippen LogP contribution in [0.25, 0.3) is 0 Å². The molecule has 3 heteroatoms. The lowest BCUT2D eigenvalue weighted by molar-refractivity contribution is 0.442. The summed E-state index contributed by atoms with van der Waals surface area (Å²) in [6.45, 7) is 0. The van der Waals surface area contributed by atoms with Gasteiger partial charge in [-0.1, -0.05) is 19.3 Å². The normalized spacial score (nSPS) is 18.8. The van der Waals surface area contributed by atoms with Crippen molar-refractivity contribution >= 4 is 17.2 Å². The molecule has 0 aromatic carbocycles. The van der Waals surface area contributed by atoms with Crippen LogP contribution in [0.5, 0.6) is 0 Å². The lowest BCUT2D eigenvalue weighted by atomic mass is 9.90. The van der Waals surface area contributed by atoms with E-state index in [2.05, 4.69) is 15.7 Å². The summed E-state index contributed by atoms with van der Waals surface area (Å²) in [4.78, 5) is 4.56. The van der Waals surface area contributed by atoms with Crippen molar-refractivity contribution in [3.05, 3.63) is 10.4 Å². The van der Waals surface area contributed by atoms with E-state index in [1.54, 1.807) is 0 Å². The second-order valence-corrected chi connectivity index (χ2v) is 4.55. The summed E-state index contributed by atoms with van der Waals surface area (Å²) in [5.74, 6) is 1.78. The van der Waals surface area contributed by atoms with Crippen molar-refractivity contribution in [3.8, 4) is 0 Å². The van der Waals surface area contributed by atoms with Crippen molar-refractivity contribution in [1.29, 1.82) is 0 Å². The highest BCUT2D eigenvalue weighted by molar-refractivity contribution is 7.10. The topological polar surface area (TPSA) is 24.9 Å². The Hall–Kier alpha value is -0.570. The van der Waals surface area contributed by atoms with Gasteiger partial charge in [0.2, 0.25) is 0 Å². The van der Waals surface area contributed by atoms with E-state index in [1.807, 2.05) is 18.4 Å². The van der Waals surface area contributed by atoms with Crippen molar-refractivity contribution in [2.75, 3.05) is 12.4 Å². The molecule has 0 unspecified atom stereocenters. The predicted molar refractivity (Wildman–Crippen MR) is 57.5 cm³/mol. The average Bonchev–Trinajstić information content (AvgIpc) is 2.67. The lowest BCUT2D eigenvalue weighted by Gasteiger charge is -2.18. The van der Waals surface area contributed by atoms with Gasteiger partial charge in [-0.3, -0.25) is 0 Å². The fourth-order valence-electron chi connectivity index (χ4n) is 1.94. The molecule has 0 bridgehead atoms. The highest BCUT2D eigenvalue weighted by Crippen LogP contribution is 2.34. The SMILES string of the molecule is CNc1csc(C2CCCCC2)n1. The molecule has 0 radical (unpaired) electrons. The highest BCUT2D eigenvalue weighted by Gasteiger charge is 2.18. The molecule has 0 atom stereocenters. The van der Waals surface area contributed by atoms with E-state index in [-0.39, 0.29) is 0 Å². The summed E-state index contributed by atoms with van der Waals surface area (Å²) in [5.41, 5.74) is 0. The Morgan fingerprint density at radius 2 is 2.15 bits per heavy atom. The van der Waals surface area contributed by atoms with Crippen LogP contribution in [0.2, 0.25) is 0 Å². The lowest BCUT2D eigenvalue weighted by Crippen LogP contribution is -2.04. The molecule has 1 aliphatic carbocycles. The van der Waals surface area contributed by atoms with Gasteiger partial charge in [-0.25, -0.2) is 4.98 Å². The van der Waals surface area contributed by atoms with Crippen LogP contribution in [0.15, 0.2) is 5.38 Å². The quantitative estimate of drug-likeness (QED) is 0.785. The van der Waals surface area contributed by atoms with Crippen LogP contribution >= 0.6 is 11.3 Å². The Kier molecular flexibility index (Phi) is 2.83. The molecular weight excluding hydrogens is 180 g/mol. The molecule has 13 heavy (non-hydrogen) atoms. The number of aromatic nitrogens is 1. The van der Waals surface area contributed by atoms with Gasteiger partial charge in [-0.15, -0.1) is 11.3 Å². The molecule has 0 saturated heterocycles. The van der Waals surface area contributed by atoms with E-state index in [0.717, 1.165) is 11.7 Å². The third kappa shape index (κ3) is 2.02. The Balaban J connectivity index is 2.05. The molecular formula is C10H16N2S. The first kappa shape index (κ1) is 9.00. The summed E-state index contributed by atoms with van der Waals surface area (Å²) in [7, 11) is 1.93. The van der Waals surface area contributed by atoms with Gasteiger partial charge in [0.25, 0.3) is 0 Å². The van der Waals surface area contributed by atoms with E-state index in [4.69, 9.17) is 0 Å². The smallest absolute Gasteiger partial charge is 0.137 e.